The Bertz CT molecular complexity index is 594. The zero-order valence-electron chi connectivity index (χ0n) is 13.6. The van der Waals surface area contributed by atoms with Crippen LogP contribution in [0.3, 0.4) is 0 Å². The van der Waals surface area contributed by atoms with E-state index in [0.29, 0.717) is 6.54 Å². The maximum absolute atomic E-state index is 11.6. The van der Waals surface area contributed by atoms with Crippen LogP contribution in [0.25, 0.3) is 6.08 Å². The smallest absolute Gasteiger partial charge is 0.320 e. The molecule has 1 aromatic rings. The summed E-state index contributed by atoms with van der Waals surface area (Å²) in [6.07, 6.45) is 8.14. The summed E-state index contributed by atoms with van der Waals surface area (Å²) in [4.78, 5) is 22.6. The molecule has 0 bridgehead atoms. The molecule has 2 rings (SSSR count). The van der Waals surface area contributed by atoms with E-state index in [9.17, 15) is 14.7 Å². The van der Waals surface area contributed by atoms with Gasteiger partial charge >= 0.3 is 5.97 Å². The predicted octanol–water partition coefficient (Wildman–Crippen LogP) is 2.33. The third kappa shape index (κ3) is 5.47. The standard InChI is InChI=1S/C18H24N2O4/c21-16(20-24)10-9-13-5-4-6-14(11-13)12-19-17(18(22)23)15-7-2-1-3-8-15/h4-6,9-11,15,17,19,24H,1-3,7-8,12H2,(H,20,21)(H,22,23)/t17-/m0/s1. The molecule has 24 heavy (non-hydrogen) atoms. The molecule has 1 aliphatic rings. The SMILES string of the molecule is O=C(C=Cc1cccc(CN[C@H](C(=O)O)C2CCCCC2)c1)NO. The predicted molar refractivity (Wildman–Crippen MR) is 90.2 cm³/mol. The maximum Gasteiger partial charge on any atom is 0.320 e. The van der Waals surface area contributed by atoms with Gasteiger partial charge in [0, 0.05) is 12.6 Å². The van der Waals surface area contributed by atoms with Crippen molar-refractivity contribution in [1.29, 1.82) is 0 Å². The minimum Gasteiger partial charge on any atom is -0.480 e. The summed E-state index contributed by atoms with van der Waals surface area (Å²) >= 11 is 0. The largest absolute Gasteiger partial charge is 0.480 e. The monoisotopic (exact) mass is 332 g/mol. The Labute approximate surface area is 141 Å². The lowest BCUT2D eigenvalue weighted by Gasteiger charge is -2.28. The maximum atomic E-state index is 11.6. The molecule has 0 saturated heterocycles. The molecule has 4 N–H and O–H groups in total. The number of carboxylic acid groups (broad SMARTS) is 1. The van der Waals surface area contributed by atoms with Crippen molar-refractivity contribution in [1.82, 2.24) is 10.8 Å². The van der Waals surface area contributed by atoms with Gasteiger partial charge < -0.3 is 10.4 Å². The number of hydrogen-bond acceptors (Lipinski definition) is 4. The van der Waals surface area contributed by atoms with E-state index in [1.807, 2.05) is 24.3 Å². The fourth-order valence-corrected chi connectivity index (χ4v) is 3.17. The highest BCUT2D eigenvalue weighted by Gasteiger charge is 2.28. The molecular formula is C18H24N2O4. The Morgan fingerprint density at radius 1 is 1.25 bits per heavy atom. The van der Waals surface area contributed by atoms with Crippen LogP contribution in [0.2, 0.25) is 0 Å². The molecule has 1 aromatic carbocycles. The van der Waals surface area contributed by atoms with E-state index in [1.165, 1.54) is 18.0 Å². The van der Waals surface area contributed by atoms with Gasteiger partial charge in [-0.2, -0.15) is 0 Å². The number of hydroxylamine groups is 1. The summed E-state index contributed by atoms with van der Waals surface area (Å²) in [6.45, 7) is 0.460. The van der Waals surface area contributed by atoms with E-state index >= 15 is 0 Å². The summed E-state index contributed by atoms with van der Waals surface area (Å²) in [7, 11) is 0. The van der Waals surface area contributed by atoms with E-state index < -0.39 is 17.9 Å². The van der Waals surface area contributed by atoms with Gasteiger partial charge in [-0.15, -0.1) is 0 Å². The average Bonchev–Trinajstić information content (AvgIpc) is 2.61. The summed E-state index contributed by atoms with van der Waals surface area (Å²) in [6, 6.07) is 6.96. The molecule has 0 aromatic heterocycles. The number of benzene rings is 1. The van der Waals surface area contributed by atoms with E-state index in [-0.39, 0.29) is 5.92 Å². The van der Waals surface area contributed by atoms with Crippen molar-refractivity contribution in [3.8, 4) is 0 Å². The molecule has 0 aliphatic heterocycles. The molecule has 1 fully saturated rings. The van der Waals surface area contributed by atoms with Gasteiger partial charge in [-0.25, -0.2) is 5.48 Å². The summed E-state index contributed by atoms with van der Waals surface area (Å²) < 4.78 is 0. The zero-order valence-corrected chi connectivity index (χ0v) is 13.6. The van der Waals surface area contributed by atoms with Crippen molar-refractivity contribution in [2.45, 2.75) is 44.7 Å². The van der Waals surface area contributed by atoms with Gasteiger partial charge in [0.25, 0.3) is 5.91 Å². The molecule has 6 nitrogen and oxygen atoms in total. The average molecular weight is 332 g/mol. The highest BCUT2D eigenvalue weighted by atomic mass is 16.5. The number of aliphatic carboxylic acids is 1. The van der Waals surface area contributed by atoms with Gasteiger partial charge in [0.05, 0.1) is 0 Å². The van der Waals surface area contributed by atoms with Crippen molar-refractivity contribution < 1.29 is 19.9 Å². The quantitative estimate of drug-likeness (QED) is 0.349. The molecule has 1 saturated carbocycles. The second-order valence-corrected chi connectivity index (χ2v) is 6.15. The highest BCUT2D eigenvalue weighted by Crippen LogP contribution is 2.26. The number of carboxylic acids is 1. The van der Waals surface area contributed by atoms with Gasteiger partial charge in [0.15, 0.2) is 0 Å². The second kappa shape index (κ2) is 9.20. The Morgan fingerprint density at radius 3 is 2.67 bits per heavy atom. The number of rotatable bonds is 7. The molecule has 0 heterocycles. The molecule has 1 amide bonds. The van der Waals surface area contributed by atoms with Crippen molar-refractivity contribution in [3.63, 3.8) is 0 Å². The lowest BCUT2D eigenvalue weighted by atomic mass is 9.84. The molecule has 130 valence electrons. The minimum absolute atomic E-state index is 0.188. The summed E-state index contributed by atoms with van der Waals surface area (Å²) in [5, 5.41) is 21.1. The molecule has 0 spiro atoms. The van der Waals surface area contributed by atoms with Gasteiger partial charge in [-0.1, -0.05) is 43.5 Å². The normalized spacial score (nSPS) is 16.9. The van der Waals surface area contributed by atoms with Crippen LogP contribution in [0, 0.1) is 5.92 Å². The highest BCUT2D eigenvalue weighted by molar-refractivity contribution is 5.90. The lowest BCUT2D eigenvalue weighted by molar-refractivity contribution is -0.141. The Kier molecular flexibility index (Phi) is 6.96. The van der Waals surface area contributed by atoms with E-state index in [4.69, 9.17) is 5.21 Å². The first-order valence-corrected chi connectivity index (χ1v) is 8.27. The number of amides is 1. The van der Waals surface area contributed by atoms with Crippen LogP contribution in [0.15, 0.2) is 30.3 Å². The first kappa shape index (κ1) is 18.2. The Hall–Kier alpha value is -2.18. The van der Waals surface area contributed by atoms with Crippen molar-refractivity contribution in [3.05, 3.63) is 41.5 Å². The summed E-state index contributed by atoms with van der Waals surface area (Å²) in [5.74, 6) is -1.20. The minimum atomic E-state index is -0.794. The fourth-order valence-electron chi connectivity index (χ4n) is 3.17. The molecule has 0 unspecified atom stereocenters. The first-order chi connectivity index (χ1) is 11.6. The van der Waals surface area contributed by atoms with Crippen LogP contribution < -0.4 is 10.8 Å². The van der Waals surface area contributed by atoms with Crippen LogP contribution >= 0.6 is 0 Å². The van der Waals surface area contributed by atoms with Crippen LogP contribution in [0.5, 0.6) is 0 Å². The summed E-state index contributed by atoms with van der Waals surface area (Å²) in [5.41, 5.74) is 3.29. The third-order valence-corrected chi connectivity index (χ3v) is 4.40. The number of nitrogens with one attached hydrogen (secondary N) is 2. The van der Waals surface area contributed by atoms with Crippen LogP contribution in [0.4, 0.5) is 0 Å². The van der Waals surface area contributed by atoms with Gasteiger partial charge in [-0.3, -0.25) is 14.8 Å². The second-order valence-electron chi connectivity index (χ2n) is 6.15. The van der Waals surface area contributed by atoms with Crippen molar-refractivity contribution >= 4 is 18.0 Å². The molecule has 1 aliphatic carbocycles. The zero-order chi connectivity index (χ0) is 17.4. The Balaban J connectivity index is 1.97. The third-order valence-electron chi connectivity index (χ3n) is 4.40. The van der Waals surface area contributed by atoms with Crippen molar-refractivity contribution in [2.75, 3.05) is 0 Å². The van der Waals surface area contributed by atoms with Crippen molar-refractivity contribution in [2.24, 2.45) is 5.92 Å². The van der Waals surface area contributed by atoms with Crippen LogP contribution in [-0.4, -0.2) is 28.2 Å². The van der Waals surface area contributed by atoms with Gasteiger partial charge in [-0.05, 0) is 36.0 Å². The molecule has 0 radical (unpaired) electrons. The van der Waals surface area contributed by atoms with E-state index in [0.717, 1.165) is 36.8 Å². The molecule has 1 atom stereocenters. The number of carbonyl (C=O) groups is 2. The molecule has 6 heteroatoms. The number of carbonyl (C=O) groups excluding carboxylic acids is 1. The van der Waals surface area contributed by atoms with Gasteiger partial charge in [0.2, 0.25) is 0 Å². The topological polar surface area (TPSA) is 98.7 Å². The van der Waals surface area contributed by atoms with E-state index in [1.54, 1.807) is 6.08 Å². The first-order valence-electron chi connectivity index (χ1n) is 8.27. The fraction of sp³-hybridized carbons (Fsp3) is 0.444. The lowest BCUT2D eigenvalue weighted by Crippen LogP contribution is -2.43. The van der Waals surface area contributed by atoms with Crippen LogP contribution in [0.1, 0.15) is 43.2 Å². The van der Waals surface area contributed by atoms with Crippen LogP contribution in [-0.2, 0) is 16.1 Å². The van der Waals surface area contributed by atoms with Gasteiger partial charge in [0.1, 0.15) is 6.04 Å². The molecular weight excluding hydrogens is 308 g/mol. The van der Waals surface area contributed by atoms with E-state index in [2.05, 4.69) is 5.32 Å². The Morgan fingerprint density at radius 2 is 2.00 bits per heavy atom. The number of hydrogen-bond donors (Lipinski definition) is 4.